The summed E-state index contributed by atoms with van der Waals surface area (Å²) in [5, 5.41) is 9.14. The van der Waals surface area contributed by atoms with E-state index in [0.29, 0.717) is 0 Å². The van der Waals surface area contributed by atoms with Crippen molar-refractivity contribution >= 4 is 18.0 Å². The minimum absolute atomic E-state index is 0.0245. The molecule has 7 heteroatoms. The zero-order chi connectivity index (χ0) is 17.1. The zero-order valence-electron chi connectivity index (χ0n) is 13.7. The highest BCUT2D eigenvalue weighted by Gasteiger charge is 2.28. The summed E-state index contributed by atoms with van der Waals surface area (Å²) in [7, 11) is 1.36. The molecule has 0 aliphatic carbocycles. The van der Waals surface area contributed by atoms with Gasteiger partial charge >= 0.3 is 12.1 Å². The van der Waals surface area contributed by atoms with E-state index in [1.54, 1.807) is 0 Å². The molecule has 1 unspecified atom stereocenters. The summed E-state index contributed by atoms with van der Waals surface area (Å²) in [6.45, 7) is 4.41. The van der Waals surface area contributed by atoms with Gasteiger partial charge in [0, 0.05) is 13.5 Å². The molecule has 0 aliphatic rings. The Morgan fingerprint density at radius 1 is 1.23 bits per heavy atom. The monoisotopic (exact) mass is 316 g/mol. The van der Waals surface area contributed by atoms with E-state index in [9.17, 15) is 14.4 Å². The van der Waals surface area contributed by atoms with Gasteiger partial charge in [0.2, 0.25) is 5.91 Å². The number of rotatable bonds is 11. The van der Waals surface area contributed by atoms with Gasteiger partial charge < -0.3 is 15.6 Å². The first-order valence-corrected chi connectivity index (χ1v) is 7.74. The van der Waals surface area contributed by atoms with Crippen LogP contribution in [0.1, 0.15) is 52.4 Å². The molecule has 0 aromatic rings. The van der Waals surface area contributed by atoms with Crippen molar-refractivity contribution in [1.29, 1.82) is 0 Å². The fraction of sp³-hybridized carbons (Fsp3) is 0.800. The number of nitrogens with two attached hydrogens (primary N) is 1. The molecule has 2 atom stereocenters. The Morgan fingerprint density at radius 2 is 1.86 bits per heavy atom. The SMILES string of the molecule is CCCCC(CC)COC(=O)N(C)[C@H](CCC(N)=O)C(=O)O. The van der Waals surface area contributed by atoms with Gasteiger partial charge in [-0.25, -0.2) is 9.59 Å². The summed E-state index contributed by atoms with van der Waals surface area (Å²) >= 11 is 0. The van der Waals surface area contributed by atoms with Gasteiger partial charge in [-0.15, -0.1) is 0 Å². The molecular formula is C15H28N2O5. The molecule has 0 aromatic heterocycles. The molecule has 0 rings (SSSR count). The van der Waals surface area contributed by atoms with Gasteiger partial charge in [-0.3, -0.25) is 9.69 Å². The van der Waals surface area contributed by atoms with Crippen molar-refractivity contribution in [2.45, 2.75) is 58.4 Å². The van der Waals surface area contributed by atoms with Crippen molar-refractivity contribution in [2.75, 3.05) is 13.7 Å². The Labute approximate surface area is 131 Å². The van der Waals surface area contributed by atoms with Crippen LogP contribution in [0.4, 0.5) is 4.79 Å². The van der Waals surface area contributed by atoms with Gasteiger partial charge in [0.15, 0.2) is 0 Å². The lowest BCUT2D eigenvalue weighted by atomic mass is 10.0. The Balaban J connectivity index is 4.46. The summed E-state index contributed by atoms with van der Waals surface area (Å²) in [6.07, 6.45) is 3.23. The van der Waals surface area contributed by atoms with Crippen molar-refractivity contribution in [3.63, 3.8) is 0 Å². The Morgan fingerprint density at radius 3 is 2.32 bits per heavy atom. The number of amides is 2. The van der Waals surface area contributed by atoms with E-state index in [2.05, 4.69) is 6.92 Å². The molecular weight excluding hydrogens is 288 g/mol. The first-order valence-electron chi connectivity index (χ1n) is 7.74. The first-order chi connectivity index (χ1) is 10.3. The third-order valence-electron chi connectivity index (χ3n) is 3.69. The van der Waals surface area contributed by atoms with Gasteiger partial charge in [-0.05, 0) is 18.8 Å². The van der Waals surface area contributed by atoms with Crippen molar-refractivity contribution < 1.29 is 24.2 Å². The van der Waals surface area contributed by atoms with E-state index in [-0.39, 0.29) is 25.4 Å². The lowest BCUT2D eigenvalue weighted by Crippen LogP contribution is -2.43. The van der Waals surface area contributed by atoms with Crippen LogP contribution in [0.2, 0.25) is 0 Å². The van der Waals surface area contributed by atoms with Gasteiger partial charge in [0.25, 0.3) is 0 Å². The largest absolute Gasteiger partial charge is 0.480 e. The first kappa shape index (κ1) is 20.2. The molecule has 0 heterocycles. The highest BCUT2D eigenvalue weighted by atomic mass is 16.6. The second-order valence-corrected chi connectivity index (χ2v) is 5.46. The predicted octanol–water partition coefficient (Wildman–Crippen LogP) is 1.99. The van der Waals surface area contributed by atoms with Crippen LogP contribution in [-0.4, -0.2) is 47.7 Å². The van der Waals surface area contributed by atoms with Crippen LogP contribution in [0.5, 0.6) is 0 Å². The third-order valence-corrected chi connectivity index (χ3v) is 3.69. The Bertz CT molecular complexity index is 373. The highest BCUT2D eigenvalue weighted by molar-refractivity contribution is 5.81. The lowest BCUT2D eigenvalue weighted by molar-refractivity contribution is -0.142. The average molecular weight is 316 g/mol. The van der Waals surface area contributed by atoms with Crippen molar-refractivity contribution in [3.8, 4) is 0 Å². The summed E-state index contributed by atoms with van der Waals surface area (Å²) in [6, 6.07) is -1.12. The van der Waals surface area contributed by atoms with E-state index in [1.165, 1.54) is 7.05 Å². The van der Waals surface area contributed by atoms with E-state index >= 15 is 0 Å². The van der Waals surface area contributed by atoms with Gasteiger partial charge in [0.05, 0.1) is 6.61 Å². The molecule has 0 fully saturated rings. The normalized spacial score (nSPS) is 13.2. The third kappa shape index (κ3) is 7.85. The minimum atomic E-state index is -1.18. The van der Waals surface area contributed by atoms with Gasteiger partial charge in [0.1, 0.15) is 6.04 Å². The summed E-state index contributed by atoms with van der Waals surface area (Å²) < 4.78 is 5.20. The topological polar surface area (TPSA) is 110 Å². The number of unbranched alkanes of at least 4 members (excludes halogenated alkanes) is 1. The molecule has 0 aromatic carbocycles. The van der Waals surface area contributed by atoms with Crippen LogP contribution in [0.3, 0.4) is 0 Å². The molecule has 0 aliphatic heterocycles. The quantitative estimate of drug-likeness (QED) is 0.605. The van der Waals surface area contributed by atoms with E-state index in [0.717, 1.165) is 30.6 Å². The molecule has 22 heavy (non-hydrogen) atoms. The van der Waals surface area contributed by atoms with Crippen LogP contribution in [0, 0.1) is 5.92 Å². The Kier molecular flexibility index (Phi) is 9.98. The van der Waals surface area contributed by atoms with Crippen LogP contribution in [0.15, 0.2) is 0 Å². The van der Waals surface area contributed by atoms with Crippen molar-refractivity contribution in [3.05, 3.63) is 0 Å². The number of hydrogen-bond acceptors (Lipinski definition) is 4. The van der Waals surface area contributed by atoms with Crippen molar-refractivity contribution in [1.82, 2.24) is 4.90 Å². The van der Waals surface area contributed by atoms with E-state index < -0.39 is 24.0 Å². The number of nitrogens with zero attached hydrogens (tertiary/aromatic N) is 1. The predicted molar refractivity (Wildman–Crippen MR) is 82.3 cm³/mol. The van der Waals surface area contributed by atoms with Crippen molar-refractivity contribution in [2.24, 2.45) is 11.7 Å². The number of aliphatic carboxylic acids is 1. The number of hydrogen-bond donors (Lipinski definition) is 2. The number of ether oxygens (including phenoxy) is 1. The highest BCUT2D eigenvalue weighted by Crippen LogP contribution is 2.14. The molecule has 3 N–H and O–H groups in total. The fourth-order valence-electron chi connectivity index (χ4n) is 2.08. The second kappa shape index (κ2) is 10.9. The molecule has 0 radical (unpaired) electrons. The number of likely N-dealkylation sites (N-methyl/N-ethyl adjacent to an activating group) is 1. The molecule has 0 bridgehead atoms. The van der Waals surface area contributed by atoms with Crippen LogP contribution in [0.25, 0.3) is 0 Å². The maximum Gasteiger partial charge on any atom is 0.410 e. The zero-order valence-corrected chi connectivity index (χ0v) is 13.7. The summed E-state index contributed by atoms with van der Waals surface area (Å²) in [4.78, 5) is 34.9. The lowest BCUT2D eigenvalue weighted by Gasteiger charge is -2.25. The minimum Gasteiger partial charge on any atom is -0.480 e. The molecule has 0 saturated carbocycles. The average Bonchev–Trinajstić information content (AvgIpc) is 2.46. The van der Waals surface area contributed by atoms with E-state index in [1.807, 2.05) is 6.92 Å². The Hall–Kier alpha value is -1.79. The van der Waals surface area contributed by atoms with Gasteiger partial charge in [-0.2, -0.15) is 0 Å². The standard InChI is InChI=1S/C15H28N2O5/c1-4-6-7-11(5-2)10-22-15(21)17(3)12(14(19)20)8-9-13(16)18/h11-12H,4-10H2,1-3H3,(H2,16,18)(H,19,20)/t11?,12-/m1/s1. The summed E-state index contributed by atoms with van der Waals surface area (Å²) in [5.41, 5.74) is 5.01. The van der Waals surface area contributed by atoms with E-state index in [4.69, 9.17) is 15.6 Å². The molecule has 128 valence electrons. The molecule has 0 saturated heterocycles. The van der Waals surface area contributed by atoms with Crippen LogP contribution in [-0.2, 0) is 14.3 Å². The number of primary amides is 1. The maximum atomic E-state index is 12.0. The molecule has 7 nitrogen and oxygen atoms in total. The fourth-order valence-corrected chi connectivity index (χ4v) is 2.08. The number of carbonyl (C=O) groups is 3. The molecule has 2 amide bonds. The maximum absolute atomic E-state index is 12.0. The van der Waals surface area contributed by atoms with Crippen LogP contribution >= 0.6 is 0 Å². The van der Waals surface area contributed by atoms with Crippen LogP contribution < -0.4 is 5.73 Å². The summed E-state index contributed by atoms with van der Waals surface area (Å²) in [5.74, 6) is -1.50. The number of carboxylic acids is 1. The molecule has 0 spiro atoms. The van der Waals surface area contributed by atoms with Gasteiger partial charge in [-0.1, -0.05) is 33.1 Å². The second-order valence-electron chi connectivity index (χ2n) is 5.46. The number of carboxylic acid groups (broad SMARTS) is 1. The number of carbonyl (C=O) groups excluding carboxylic acids is 2. The smallest absolute Gasteiger partial charge is 0.410 e.